The molecule has 1 N–H and O–H groups in total. The van der Waals surface area contributed by atoms with E-state index in [2.05, 4.69) is 34.2 Å². The van der Waals surface area contributed by atoms with Gasteiger partial charge in [-0.15, -0.1) is 0 Å². The standard InChI is InChI=1S/C12H23N3S/c1-3-8-15-9-7-14-12(15)11-13-6-4-5-10-16-2/h7,9,13H,3-6,8,10-11H2,1-2H3. The highest BCUT2D eigenvalue weighted by molar-refractivity contribution is 7.98. The Hall–Kier alpha value is -0.480. The summed E-state index contributed by atoms with van der Waals surface area (Å²) in [6.07, 6.45) is 9.84. The Labute approximate surface area is 103 Å². The topological polar surface area (TPSA) is 29.9 Å². The van der Waals surface area contributed by atoms with Crippen molar-refractivity contribution < 1.29 is 0 Å². The quantitative estimate of drug-likeness (QED) is 0.674. The van der Waals surface area contributed by atoms with Crippen molar-refractivity contribution in [2.45, 2.75) is 39.3 Å². The average Bonchev–Trinajstić information content (AvgIpc) is 2.72. The smallest absolute Gasteiger partial charge is 0.122 e. The Balaban J connectivity index is 2.13. The number of hydrogen-bond donors (Lipinski definition) is 1. The minimum Gasteiger partial charge on any atom is -0.334 e. The van der Waals surface area contributed by atoms with E-state index in [1.54, 1.807) is 0 Å². The Bertz CT molecular complexity index is 273. The highest BCUT2D eigenvalue weighted by Crippen LogP contribution is 2.00. The lowest BCUT2D eigenvalue weighted by Gasteiger charge is -2.07. The van der Waals surface area contributed by atoms with Gasteiger partial charge in [-0.1, -0.05) is 6.92 Å². The molecular formula is C12H23N3S. The lowest BCUT2D eigenvalue weighted by molar-refractivity contribution is 0.576. The summed E-state index contributed by atoms with van der Waals surface area (Å²) in [5, 5.41) is 3.45. The third-order valence-electron chi connectivity index (χ3n) is 2.50. The molecule has 0 aromatic carbocycles. The zero-order valence-electron chi connectivity index (χ0n) is 10.4. The van der Waals surface area contributed by atoms with Crippen molar-refractivity contribution in [2.24, 2.45) is 0 Å². The van der Waals surface area contributed by atoms with Crippen LogP contribution in [-0.4, -0.2) is 28.1 Å². The number of thioether (sulfide) groups is 1. The molecule has 1 aromatic rings. The van der Waals surface area contributed by atoms with Crippen LogP contribution in [0.25, 0.3) is 0 Å². The molecule has 0 amide bonds. The Morgan fingerprint density at radius 1 is 1.44 bits per heavy atom. The highest BCUT2D eigenvalue weighted by Gasteiger charge is 2.00. The molecule has 0 spiro atoms. The second-order valence-electron chi connectivity index (χ2n) is 3.91. The Kier molecular flexibility index (Phi) is 7.34. The van der Waals surface area contributed by atoms with Gasteiger partial charge in [0.25, 0.3) is 0 Å². The van der Waals surface area contributed by atoms with Crippen LogP contribution in [0.4, 0.5) is 0 Å². The molecule has 0 saturated carbocycles. The maximum absolute atomic E-state index is 4.37. The van der Waals surface area contributed by atoms with E-state index in [9.17, 15) is 0 Å². The third-order valence-corrected chi connectivity index (χ3v) is 3.20. The van der Waals surface area contributed by atoms with Crippen LogP contribution in [0.2, 0.25) is 0 Å². The molecule has 0 radical (unpaired) electrons. The summed E-state index contributed by atoms with van der Waals surface area (Å²) in [5.74, 6) is 2.43. The van der Waals surface area contributed by atoms with Gasteiger partial charge in [-0.3, -0.25) is 0 Å². The fourth-order valence-electron chi connectivity index (χ4n) is 1.65. The van der Waals surface area contributed by atoms with E-state index in [1.807, 2.05) is 18.0 Å². The molecule has 16 heavy (non-hydrogen) atoms. The summed E-state index contributed by atoms with van der Waals surface area (Å²) in [7, 11) is 0. The maximum Gasteiger partial charge on any atom is 0.122 e. The van der Waals surface area contributed by atoms with Crippen LogP contribution < -0.4 is 5.32 Å². The molecule has 0 saturated heterocycles. The zero-order chi connectivity index (χ0) is 11.6. The molecule has 1 heterocycles. The fraction of sp³-hybridized carbons (Fsp3) is 0.750. The van der Waals surface area contributed by atoms with Gasteiger partial charge in [0.2, 0.25) is 0 Å². The number of rotatable bonds is 9. The second-order valence-corrected chi connectivity index (χ2v) is 4.90. The predicted molar refractivity (Wildman–Crippen MR) is 71.8 cm³/mol. The minimum atomic E-state index is 0.895. The van der Waals surface area contributed by atoms with Gasteiger partial charge in [0, 0.05) is 18.9 Å². The number of hydrogen-bond acceptors (Lipinski definition) is 3. The summed E-state index contributed by atoms with van der Waals surface area (Å²) in [6.45, 7) is 5.26. The van der Waals surface area contributed by atoms with Crippen molar-refractivity contribution in [3.05, 3.63) is 18.2 Å². The first-order valence-electron chi connectivity index (χ1n) is 6.08. The van der Waals surface area contributed by atoms with Gasteiger partial charge in [-0.25, -0.2) is 4.98 Å². The van der Waals surface area contributed by atoms with Crippen LogP contribution >= 0.6 is 11.8 Å². The highest BCUT2D eigenvalue weighted by atomic mass is 32.2. The SMILES string of the molecule is CCCn1ccnc1CNCCCCSC. The molecule has 0 unspecified atom stereocenters. The van der Waals surface area contributed by atoms with Crippen LogP contribution in [0.1, 0.15) is 32.0 Å². The van der Waals surface area contributed by atoms with Crippen molar-refractivity contribution in [3.63, 3.8) is 0 Å². The summed E-state index contributed by atoms with van der Waals surface area (Å²) in [4.78, 5) is 4.37. The average molecular weight is 241 g/mol. The van der Waals surface area contributed by atoms with Crippen molar-refractivity contribution in [1.29, 1.82) is 0 Å². The van der Waals surface area contributed by atoms with Gasteiger partial charge in [0.1, 0.15) is 5.82 Å². The lowest BCUT2D eigenvalue weighted by Crippen LogP contribution is -2.18. The van der Waals surface area contributed by atoms with E-state index >= 15 is 0 Å². The molecule has 0 atom stereocenters. The normalized spacial score (nSPS) is 10.9. The molecule has 92 valence electrons. The number of aromatic nitrogens is 2. The Morgan fingerprint density at radius 3 is 3.06 bits per heavy atom. The van der Waals surface area contributed by atoms with Gasteiger partial charge in [-0.05, 0) is 37.8 Å². The molecular weight excluding hydrogens is 218 g/mol. The van der Waals surface area contributed by atoms with E-state index < -0.39 is 0 Å². The molecule has 3 nitrogen and oxygen atoms in total. The molecule has 0 fully saturated rings. The molecule has 0 aliphatic heterocycles. The van der Waals surface area contributed by atoms with Gasteiger partial charge in [-0.2, -0.15) is 11.8 Å². The fourth-order valence-corrected chi connectivity index (χ4v) is 2.14. The molecule has 0 bridgehead atoms. The third kappa shape index (κ3) is 5.03. The Morgan fingerprint density at radius 2 is 2.31 bits per heavy atom. The van der Waals surface area contributed by atoms with E-state index in [-0.39, 0.29) is 0 Å². The molecule has 1 rings (SSSR count). The lowest BCUT2D eigenvalue weighted by atomic mass is 10.3. The van der Waals surface area contributed by atoms with Crippen molar-refractivity contribution in [3.8, 4) is 0 Å². The number of unbranched alkanes of at least 4 members (excludes halogenated alkanes) is 1. The molecule has 1 aromatic heterocycles. The molecule has 4 heteroatoms. The van der Waals surface area contributed by atoms with E-state index in [1.165, 1.54) is 18.6 Å². The number of aryl methyl sites for hydroxylation is 1. The van der Waals surface area contributed by atoms with E-state index in [0.717, 1.165) is 31.9 Å². The van der Waals surface area contributed by atoms with Gasteiger partial charge in [0.15, 0.2) is 0 Å². The predicted octanol–water partition coefficient (Wildman–Crippen LogP) is 2.53. The summed E-state index contributed by atoms with van der Waals surface area (Å²) >= 11 is 1.92. The summed E-state index contributed by atoms with van der Waals surface area (Å²) in [6, 6.07) is 0. The summed E-state index contributed by atoms with van der Waals surface area (Å²) in [5.41, 5.74) is 0. The van der Waals surface area contributed by atoms with Crippen molar-refractivity contribution >= 4 is 11.8 Å². The largest absolute Gasteiger partial charge is 0.334 e. The van der Waals surface area contributed by atoms with Gasteiger partial charge in [0.05, 0.1) is 6.54 Å². The maximum atomic E-state index is 4.37. The van der Waals surface area contributed by atoms with Crippen LogP contribution in [0.15, 0.2) is 12.4 Å². The first-order valence-corrected chi connectivity index (χ1v) is 7.47. The minimum absolute atomic E-state index is 0.895. The molecule has 0 aliphatic carbocycles. The van der Waals surface area contributed by atoms with Crippen LogP contribution in [0.5, 0.6) is 0 Å². The summed E-state index contributed by atoms with van der Waals surface area (Å²) < 4.78 is 2.23. The van der Waals surface area contributed by atoms with Gasteiger partial charge < -0.3 is 9.88 Å². The zero-order valence-corrected chi connectivity index (χ0v) is 11.2. The monoisotopic (exact) mass is 241 g/mol. The number of imidazole rings is 1. The van der Waals surface area contributed by atoms with Crippen LogP contribution in [0, 0.1) is 0 Å². The number of nitrogens with one attached hydrogen (secondary N) is 1. The van der Waals surface area contributed by atoms with E-state index in [0.29, 0.717) is 0 Å². The van der Waals surface area contributed by atoms with Crippen LogP contribution in [0.3, 0.4) is 0 Å². The van der Waals surface area contributed by atoms with Gasteiger partial charge >= 0.3 is 0 Å². The number of nitrogens with zero attached hydrogens (tertiary/aromatic N) is 2. The first kappa shape index (κ1) is 13.6. The van der Waals surface area contributed by atoms with Crippen molar-refractivity contribution in [2.75, 3.05) is 18.6 Å². The van der Waals surface area contributed by atoms with Crippen molar-refractivity contribution in [1.82, 2.24) is 14.9 Å². The second kappa shape index (κ2) is 8.65. The first-order chi connectivity index (χ1) is 7.88. The molecule has 0 aliphatic rings. The van der Waals surface area contributed by atoms with Crippen LogP contribution in [-0.2, 0) is 13.1 Å². The van der Waals surface area contributed by atoms with E-state index in [4.69, 9.17) is 0 Å².